The molecule has 14 atom stereocenters. The number of imidazole rings is 1. The second-order valence-electron chi connectivity index (χ2n) is 16.5. The summed E-state index contributed by atoms with van der Waals surface area (Å²) in [5, 5.41) is 21.6. The van der Waals surface area contributed by atoms with Gasteiger partial charge in [0.1, 0.15) is 31.1 Å². The number of esters is 1. The van der Waals surface area contributed by atoms with Crippen molar-refractivity contribution >= 4 is 42.5 Å². The maximum atomic E-state index is 17.1. The number of nitrogens with zero attached hydrogens (tertiary/aromatic N) is 3. The van der Waals surface area contributed by atoms with E-state index >= 15 is 8.78 Å². The largest absolute Gasteiger partial charge is 0.472 e. The van der Waals surface area contributed by atoms with Gasteiger partial charge in [-0.3, -0.25) is 37.8 Å². The fourth-order valence-corrected chi connectivity index (χ4v) is 11.6. The Morgan fingerprint density at radius 3 is 2.67 bits per heavy atom. The van der Waals surface area contributed by atoms with Gasteiger partial charge in [-0.1, -0.05) is 33.3 Å². The van der Waals surface area contributed by atoms with Crippen molar-refractivity contribution in [1.82, 2.24) is 19.5 Å². The van der Waals surface area contributed by atoms with Crippen molar-refractivity contribution in [3.8, 4) is 0 Å². The predicted octanol–water partition coefficient (Wildman–Crippen LogP) is 2.95. The molecule has 0 bridgehead atoms. The molecule has 20 heteroatoms. The Labute approximate surface area is 325 Å². The number of anilines is 1. The van der Waals surface area contributed by atoms with Gasteiger partial charge in [-0.15, -0.1) is 0 Å². The fraction of sp³-hybridized carbons (Fsp3) is 0.676. The summed E-state index contributed by atoms with van der Waals surface area (Å²) < 4.78 is 65.6. The minimum atomic E-state index is -4.22. The van der Waals surface area contributed by atoms with Crippen LogP contribution in [0, 0.1) is 34.5 Å². The van der Waals surface area contributed by atoms with Crippen LogP contribution >= 0.6 is 7.82 Å². The molecule has 8 rings (SSSR count). The highest BCUT2D eigenvalue weighted by atomic mass is 31.2. The van der Waals surface area contributed by atoms with Crippen LogP contribution in [0.2, 0.25) is 0 Å². The number of ketones is 2. The lowest BCUT2D eigenvalue weighted by molar-refractivity contribution is -0.202. The van der Waals surface area contributed by atoms with Crippen molar-refractivity contribution in [3.63, 3.8) is 0 Å². The Morgan fingerprint density at radius 2 is 1.95 bits per heavy atom. The molecule has 1 unspecified atom stereocenters. The third kappa shape index (κ3) is 6.82. The molecule has 312 valence electrons. The zero-order chi connectivity index (χ0) is 41.4. The zero-order valence-electron chi connectivity index (χ0n) is 31.9. The molecule has 2 saturated heterocycles. The zero-order valence-corrected chi connectivity index (χ0v) is 32.8. The SMILES string of the molecule is CCCCC(=O)OCC(=O)[C@H]1[C@H](C)C[C@H]2[C@@H]3C[C@H](F)C4=CC(=O)C=C[C@]4(C)[C@@]3(F)[C@@H](O)C[C@@]21C.Nc1nc2c(ncn2[C@@H]2O[C@@H]3COP(=O)(O)O[C@H]3[C@H]2O)c(=O)[nH]1. The first-order valence-electron chi connectivity index (χ1n) is 19.1. The highest BCUT2D eigenvalue weighted by Gasteiger charge is 2.73. The number of nitrogens with one attached hydrogen (secondary N) is 1. The number of nitrogens with two attached hydrogens (primary N) is 1. The van der Waals surface area contributed by atoms with Crippen molar-refractivity contribution in [2.24, 2.45) is 34.5 Å². The molecule has 3 saturated carbocycles. The first kappa shape index (κ1) is 41.4. The molecule has 5 fully saturated rings. The highest BCUT2D eigenvalue weighted by molar-refractivity contribution is 7.47. The number of Topliss-reactive ketones (excluding diaryl/α,β-unsaturated/α-hetero) is 1. The average molecular weight is 824 g/mol. The van der Waals surface area contributed by atoms with Crippen LogP contribution in [0.4, 0.5) is 14.7 Å². The number of aromatic nitrogens is 4. The van der Waals surface area contributed by atoms with E-state index in [0.717, 1.165) is 6.42 Å². The number of fused-ring (bicyclic) bond motifs is 7. The van der Waals surface area contributed by atoms with Gasteiger partial charge in [-0.05, 0) is 67.6 Å². The van der Waals surface area contributed by atoms with E-state index in [2.05, 4.69) is 19.5 Å². The first-order valence-corrected chi connectivity index (χ1v) is 20.6. The minimum Gasteiger partial charge on any atom is -0.458 e. The number of H-pyrrole nitrogens is 1. The Hall–Kier alpha value is -3.71. The highest BCUT2D eigenvalue weighted by Crippen LogP contribution is 2.70. The predicted molar refractivity (Wildman–Crippen MR) is 195 cm³/mol. The van der Waals surface area contributed by atoms with Gasteiger partial charge in [0.05, 0.1) is 19.0 Å². The number of nitrogen functional groups attached to an aromatic ring is 1. The summed E-state index contributed by atoms with van der Waals surface area (Å²) in [6.45, 7) is 6.82. The van der Waals surface area contributed by atoms with E-state index in [0.29, 0.717) is 12.8 Å². The van der Waals surface area contributed by atoms with Gasteiger partial charge in [-0.2, -0.15) is 4.98 Å². The number of phosphoric ester groups is 1. The van der Waals surface area contributed by atoms with Crippen LogP contribution in [0.3, 0.4) is 0 Å². The van der Waals surface area contributed by atoms with Gasteiger partial charge < -0.3 is 30.3 Å². The lowest BCUT2D eigenvalue weighted by Crippen LogP contribution is -2.68. The number of carbonyl (C=O) groups excluding carboxylic acids is 3. The molecule has 4 heterocycles. The maximum Gasteiger partial charge on any atom is 0.472 e. The van der Waals surface area contributed by atoms with Crippen LogP contribution in [-0.2, 0) is 37.5 Å². The molecule has 2 aromatic heterocycles. The number of aliphatic hydroxyl groups is 2. The Bertz CT molecular complexity index is 2130. The van der Waals surface area contributed by atoms with Gasteiger partial charge in [0.15, 0.2) is 34.6 Å². The summed E-state index contributed by atoms with van der Waals surface area (Å²) >= 11 is 0. The fourth-order valence-electron chi connectivity index (χ4n) is 10.6. The summed E-state index contributed by atoms with van der Waals surface area (Å²) in [6, 6.07) is 0. The number of hydrogen-bond donors (Lipinski definition) is 5. The number of unbranched alkanes of at least 4 members (excludes halogenated alkanes) is 1. The van der Waals surface area contributed by atoms with E-state index in [4.69, 9.17) is 19.7 Å². The number of alkyl halides is 2. The maximum absolute atomic E-state index is 17.1. The number of rotatable bonds is 7. The summed E-state index contributed by atoms with van der Waals surface area (Å²) in [7, 11) is -4.22. The number of carbonyl (C=O) groups is 3. The van der Waals surface area contributed by atoms with E-state index in [-0.39, 0.29) is 78.6 Å². The number of aromatic amines is 1. The lowest BCUT2D eigenvalue weighted by atomic mass is 9.45. The smallest absolute Gasteiger partial charge is 0.458 e. The molecule has 0 radical (unpaired) electrons. The second kappa shape index (κ2) is 14.8. The van der Waals surface area contributed by atoms with E-state index in [1.54, 1.807) is 6.92 Å². The van der Waals surface area contributed by atoms with E-state index in [1.165, 1.54) is 29.1 Å². The third-order valence-electron chi connectivity index (χ3n) is 13.1. The van der Waals surface area contributed by atoms with Crippen LogP contribution in [0.25, 0.3) is 11.2 Å². The number of phosphoric acid groups is 1. The standard InChI is InChI=1S/C27H36F2O5.C10H12N5O7P/c1-5-6-7-23(33)34-14-21(31)24-15(2)10-17-18-12-20(28)19-11-16(30)8-9-26(19,4)27(18,29)22(32)13-25(17,24)3;11-10-13-7-4(8(17)14-10)12-2-15(7)9-5(16)6-3(21-9)1-20-23(18,19)22-6/h8-9,11,15,17-18,20,22,24,32H,5-7,10,12-14H2,1-4H3;2-3,5-6,9,16H,1H2,(H,18,19)(H3,11,13,14,17)/t15-,17+,18+,20+,22+,24-,25+,26+,27+;3-,5-,6-,9-/m11/s1. The van der Waals surface area contributed by atoms with Gasteiger partial charge in [0.2, 0.25) is 5.95 Å². The number of allylic oxidation sites excluding steroid dienone is 4. The molecule has 4 aliphatic carbocycles. The minimum absolute atomic E-state index is 0.0230. The monoisotopic (exact) mass is 823 g/mol. The van der Waals surface area contributed by atoms with Crippen LogP contribution in [-0.4, -0.2) is 102 Å². The molecule has 17 nitrogen and oxygen atoms in total. The molecule has 6 N–H and O–H groups in total. The Kier molecular flexibility index (Phi) is 10.8. The van der Waals surface area contributed by atoms with Crippen molar-refractivity contribution in [2.75, 3.05) is 18.9 Å². The third-order valence-corrected chi connectivity index (χ3v) is 14.1. The summed E-state index contributed by atoms with van der Waals surface area (Å²) in [6.07, 6.45) is 0.349. The van der Waals surface area contributed by atoms with E-state index in [9.17, 15) is 38.8 Å². The summed E-state index contributed by atoms with van der Waals surface area (Å²) in [5.74, 6) is -2.86. The van der Waals surface area contributed by atoms with Gasteiger partial charge in [-0.25, -0.2) is 18.3 Å². The Morgan fingerprint density at radius 1 is 1.21 bits per heavy atom. The molecule has 2 aliphatic heterocycles. The number of halogens is 2. The molecule has 0 spiro atoms. The van der Waals surface area contributed by atoms with Crippen LogP contribution in [0.5, 0.6) is 0 Å². The van der Waals surface area contributed by atoms with Crippen molar-refractivity contribution < 1.29 is 61.4 Å². The molecular formula is C37H48F2N5O12P. The van der Waals surface area contributed by atoms with Gasteiger partial charge >= 0.3 is 13.8 Å². The van der Waals surface area contributed by atoms with Gasteiger partial charge in [0.25, 0.3) is 5.56 Å². The first-order chi connectivity index (χ1) is 26.8. The Balaban J connectivity index is 0.000000187. The van der Waals surface area contributed by atoms with E-state index in [1.807, 2.05) is 20.8 Å². The average Bonchev–Trinajstić information content (AvgIpc) is 3.78. The number of hydrogen-bond acceptors (Lipinski definition) is 14. The topological polar surface area (TPSA) is 255 Å². The normalized spacial score (nSPS) is 41.9. The molecule has 57 heavy (non-hydrogen) atoms. The summed E-state index contributed by atoms with van der Waals surface area (Å²) in [4.78, 5) is 68.4. The molecule has 2 aromatic rings. The van der Waals surface area contributed by atoms with Crippen LogP contribution < -0.4 is 11.3 Å². The van der Waals surface area contributed by atoms with Crippen LogP contribution in [0.15, 0.2) is 34.9 Å². The molecule has 0 amide bonds. The second-order valence-corrected chi connectivity index (χ2v) is 17.9. The number of ether oxygens (including phenoxy) is 2. The van der Waals surface area contributed by atoms with Crippen molar-refractivity contribution in [3.05, 3.63) is 40.5 Å². The number of aliphatic hydroxyl groups excluding tert-OH is 2. The van der Waals surface area contributed by atoms with Crippen molar-refractivity contribution in [2.45, 2.75) is 109 Å². The summed E-state index contributed by atoms with van der Waals surface area (Å²) in [5.41, 5.74) is 0.903. The van der Waals surface area contributed by atoms with Gasteiger partial charge in [0, 0.05) is 23.7 Å². The molecule has 6 aliphatic rings. The van der Waals surface area contributed by atoms with E-state index < -0.39 is 84.5 Å². The molecular weight excluding hydrogens is 775 g/mol. The van der Waals surface area contributed by atoms with Crippen LogP contribution in [0.1, 0.15) is 72.4 Å². The molecule has 0 aromatic carbocycles. The lowest BCUT2D eigenvalue weighted by Gasteiger charge is -2.62. The van der Waals surface area contributed by atoms with Crippen molar-refractivity contribution in [1.29, 1.82) is 0 Å². The quantitative estimate of drug-likeness (QED) is 0.199.